The smallest absolute Gasteiger partial charge is 0.286 e. The molecule has 3 rings (SSSR count). The highest BCUT2D eigenvalue weighted by molar-refractivity contribution is 5.91. The van der Waals surface area contributed by atoms with Gasteiger partial charge in [0, 0.05) is 25.3 Å². The van der Waals surface area contributed by atoms with Crippen LogP contribution in [0.3, 0.4) is 0 Å². The molecule has 0 saturated carbocycles. The molecule has 1 N–H and O–H groups in total. The molecule has 1 aliphatic heterocycles. The fourth-order valence-corrected chi connectivity index (χ4v) is 2.35. The van der Waals surface area contributed by atoms with E-state index in [4.69, 9.17) is 0 Å². The van der Waals surface area contributed by atoms with Gasteiger partial charge in [0.15, 0.2) is 0 Å². The summed E-state index contributed by atoms with van der Waals surface area (Å²) in [5.74, 6) is -0.0114. The fourth-order valence-electron chi connectivity index (χ4n) is 2.35. The predicted molar refractivity (Wildman–Crippen MR) is 77.7 cm³/mol. The number of aromatic nitrogens is 3. The zero-order valence-electron chi connectivity index (χ0n) is 11.6. The molecule has 108 valence electrons. The molecule has 0 aliphatic carbocycles. The summed E-state index contributed by atoms with van der Waals surface area (Å²) >= 11 is 0. The monoisotopic (exact) mass is 285 g/mol. The average molecular weight is 285 g/mol. The number of rotatable bonds is 3. The minimum absolute atomic E-state index is 0.157. The van der Waals surface area contributed by atoms with Crippen LogP contribution in [0.25, 0.3) is 0 Å². The van der Waals surface area contributed by atoms with Crippen LogP contribution >= 0.6 is 0 Å². The molecule has 2 heterocycles. The highest BCUT2D eigenvalue weighted by atomic mass is 16.2. The van der Waals surface area contributed by atoms with Crippen LogP contribution < -0.4 is 15.8 Å². The van der Waals surface area contributed by atoms with Gasteiger partial charge in [0.1, 0.15) is 0 Å². The Bertz CT molecular complexity index is 726. The molecule has 2 aromatic rings. The van der Waals surface area contributed by atoms with E-state index in [-0.39, 0.29) is 5.69 Å². The van der Waals surface area contributed by atoms with Gasteiger partial charge in [-0.1, -0.05) is 18.2 Å². The summed E-state index contributed by atoms with van der Waals surface area (Å²) in [6.07, 6.45) is 0. The lowest BCUT2D eigenvalue weighted by Crippen LogP contribution is -2.34. The van der Waals surface area contributed by atoms with E-state index in [1.165, 1.54) is 4.57 Å². The number of fused-ring (bicyclic) bond motifs is 1. The van der Waals surface area contributed by atoms with Crippen LogP contribution in [-0.2, 0) is 6.54 Å². The topological polar surface area (TPSA) is 80.1 Å². The Labute approximate surface area is 121 Å². The summed E-state index contributed by atoms with van der Waals surface area (Å²) in [7, 11) is 0. The van der Waals surface area contributed by atoms with Gasteiger partial charge >= 0.3 is 0 Å². The highest BCUT2D eigenvalue weighted by Crippen LogP contribution is 2.25. The third-order valence-corrected chi connectivity index (χ3v) is 3.34. The van der Waals surface area contributed by atoms with E-state index in [1.807, 2.05) is 35.2 Å². The Hall–Kier alpha value is -2.70. The maximum absolute atomic E-state index is 12.3. The molecule has 0 saturated heterocycles. The normalized spacial score (nSPS) is 13.1. The summed E-state index contributed by atoms with van der Waals surface area (Å²) < 4.78 is 1.49. The quantitative estimate of drug-likeness (QED) is 0.890. The van der Waals surface area contributed by atoms with Crippen LogP contribution in [-0.4, -0.2) is 33.8 Å². The van der Waals surface area contributed by atoms with Crippen molar-refractivity contribution in [1.82, 2.24) is 20.1 Å². The number of hydrogen-bond acceptors (Lipinski definition) is 5. The number of hydrogen-bond donors (Lipinski definition) is 1. The van der Waals surface area contributed by atoms with E-state index in [2.05, 4.69) is 15.5 Å². The van der Waals surface area contributed by atoms with Gasteiger partial charge in [0.2, 0.25) is 11.6 Å². The second-order valence-corrected chi connectivity index (χ2v) is 4.65. The van der Waals surface area contributed by atoms with Crippen molar-refractivity contribution >= 4 is 17.5 Å². The number of carbonyl (C=O) groups excluding carboxylic acids is 1. The second kappa shape index (κ2) is 5.35. The molecule has 0 atom stereocenters. The Morgan fingerprint density at radius 2 is 2.00 bits per heavy atom. The number of amides is 1. The van der Waals surface area contributed by atoms with Gasteiger partial charge in [-0.15, -0.1) is 10.2 Å². The van der Waals surface area contributed by atoms with E-state index in [9.17, 15) is 9.59 Å². The molecule has 0 radical (unpaired) electrons. The number of para-hydroxylation sites is 1. The first kappa shape index (κ1) is 13.3. The molecule has 0 unspecified atom stereocenters. The number of anilines is 2. The molecular formula is C14H15N5O2. The molecule has 1 aromatic heterocycles. The SMILES string of the molecule is CCNC(=O)c1nnc2n(c1=O)CCN2c1ccccc1. The maximum Gasteiger partial charge on any atom is 0.286 e. The molecule has 0 bridgehead atoms. The van der Waals surface area contributed by atoms with E-state index < -0.39 is 11.5 Å². The van der Waals surface area contributed by atoms with Crippen LogP contribution in [0.1, 0.15) is 17.4 Å². The Kier molecular flexibility index (Phi) is 3.39. The van der Waals surface area contributed by atoms with E-state index in [0.717, 1.165) is 5.69 Å². The molecular weight excluding hydrogens is 270 g/mol. The molecule has 7 heteroatoms. The standard InChI is InChI=1S/C14H15N5O2/c1-2-15-12(20)11-13(21)19-9-8-18(14(19)17-16-11)10-6-4-3-5-7-10/h3-7H,2,8-9H2,1H3,(H,15,20). The minimum Gasteiger partial charge on any atom is -0.351 e. The average Bonchev–Trinajstić information content (AvgIpc) is 2.93. The third kappa shape index (κ3) is 2.26. The molecule has 1 aliphatic rings. The van der Waals surface area contributed by atoms with Crippen molar-refractivity contribution in [3.05, 3.63) is 46.4 Å². The van der Waals surface area contributed by atoms with Crippen LogP contribution in [0.4, 0.5) is 11.6 Å². The molecule has 1 amide bonds. The number of benzene rings is 1. The molecule has 0 fully saturated rings. The van der Waals surface area contributed by atoms with Gasteiger partial charge in [-0.05, 0) is 19.1 Å². The van der Waals surface area contributed by atoms with E-state index in [0.29, 0.717) is 25.6 Å². The summed E-state index contributed by atoms with van der Waals surface area (Å²) in [4.78, 5) is 26.0. The zero-order chi connectivity index (χ0) is 14.8. The number of nitrogens with zero attached hydrogens (tertiary/aromatic N) is 4. The lowest BCUT2D eigenvalue weighted by Gasteiger charge is -2.16. The van der Waals surface area contributed by atoms with Gasteiger partial charge < -0.3 is 10.2 Å². The first-order chi connectivity index (χ1) is 10.2. The second-order valence-electron chi connectivity index (χ2n) is 4.65. The largest absolute Gasteiger partial charge is 0.351 e. The van der Waals surface area contributed by atoms with Gasteiger partial charge in [-0.3, -0.25) is 14.2 Å². The molecule has 1 aromatic carbocycles. The zero-order valence-corrected chi connectivity index (χ0v) is 11.6. The summed E-state index contributed by atoms with van der Waals surface area (Å²) in [6, 6.07) is 9.66. The summed E-state index contributed by atoms with van der Waals surface area (Å²) in [5.41, 5.74) is 0.392. The summed E-state index contributed by atoms with van der Waals surface area (Å²) in [5, 5.41) is 10.4. The first-order valence-electron chi connectivity index (χ1n) is 6.80. The van der Waals surface area contributed by atoms with Gasteiger partial charge in [-0.2, -0.15) is 0 Å². The fraction of sp³-hybridized carbons (Fsp3) is 0.286. The highest BCUT2D eigenvalue weighted by Gasteiger charge is 2.26. The van der Waals surface area contributed by atoms with Crippen molar-refractivity contribution in [1.29, 1.82) is 0 Å². The van der Waals surface area contributed by atoms with Crippen molar-refractivity contribution < 1.29 is 4.79 Å². The Morgan fingerprint density at radius 3 is 2.71 bits per heavy atom. The van der Waals surface area contributed by atoms with Crippen LogP contribution in [0.2, 0.25) is 0 Å². The molecule has 21 heavy (non-hydrogen) atoms. The lowest BCUT2D eigenvalue weighted by atomic mass is 10.3. The van der Waals surface area contributed by atoms with Crippen molar-refractivity contribution in [3.63, 3.8) is 0 Å². The van der Waals surface area contributed by atoms with Gasteiger partial charge in [0.25, 0.3) is 11.5 Å². The Balaban J connectivity index is 2.01. The Morgan fingerprint density at radius 1 is 1.24 bits per heavy atom. The first-order valence-corrected chi connectivity index (χ1v) is 6.80. The third-order valence-electron chi connectivity index (χ3n) is 3.34. The lowest BCUT2D eigenvalue weighted by molar-refractivity contribution is 0.0947. The predicted octanol–water partition coefficient (Wildman–Crippen LogP) is 0.540. The maximum atomic E-state index is 12.3. The van der Waals surface area contributed by atoms with Crippen molar-refractivity contribution in [2.45, 2.75) is 13.5 Å². The number of nitrogens with one attached hydrogen (secondary N) is 1. The molecule has 0 spiro atoms. The minimum atomic E-state index is -0.483. The van der Waals surface area contributed by atoms with Crippen molar-refractivity contribution in [2.75, 3.05) is 18.0 Å². The number of carbonyl (C=O) groups is 1. The van der Waals surface area contributed by atoms with Crippen molar-refractivity contribution in [2.24, 2.45) is 0 Å². The van der Waals surface area contributed by atoms with Crippen LogP contribution in [0.15, 0.2) is 35.1 Å². The molecule has 7 nitrogen and oxygen atoms in total. The van der Waals surface area contributed by atoms with Crippen LogP contribution in [0.5, 0.6) is 0 Å². The van der Waals surface area contributed by atoms with Gasteiger partial charge in [0.05, 0.1) is 0 Å². The van der Waals surface area contributed by atoms with Crippen molar-refractivity contribution in [3.8, 4) is 0 Å². The summed E-state index contributed by atoms with van der Waals surface area (Å²) in [6.45, 7) is 3.35. The van der Waals surface area contributed by atoms with E-state index >= 15 is 0 Å². The van der Waals surface area contributed by atoms with Gasteiger partial charge in [-0.25, -0.2) is 0 Å². The van der Waals surface area contributed by atoms with Crippen LogP contribution in [0, 0.1) is 0 Å². The van der Waals surface area contributed by atoms with E-state index in [1.54, 1.807) is 6.92 Å².